The molecular weight excluding hydrogens is 276 g/mol. The smallest absolute Gasteiger partial charge is 0.330 e. The molecule has 0 unspecified atom stereocenters. The summed E-state index contributed by atoms with van der Waals surface area (Å²) in [4.78, 5) is 33.9. The lowest BCUT2D eigenvalue weighted by Gasteiger charge is -2.17. The van der Waals surface area contributed by atoms with Crippen LogP contribution in [0, 0.1) is 0 Å². The normalized spacial score (nSPS) is 29.6. The Morgan fingerprint density at radius 2 is 2.10 bits per heavy atom. The van der Waals surface area contributed by atoms with Gasteiger partial charge >= 0.3 is 5.69 Å². The van der Waals surface area contributed by atoms with Gasteiger partial charge in [0.1, 0.15) is 18.3 Å². The van der Waals surface area contributed by atoms with Crippen LogP contribution in [0.15, 0.2) is 15.8 Å². The highest BCUT2D eigenvalue weighted by molar-refractivity contribution is 5.12. The van der Waals surface area contributed by atoms with E-state index in [1.165, 1.54) is 7.11 Å². The third-order valence-electron chi connectivity index (χ3n) is 2.90. The van der Waals surface area contributed by atoms with Gasteiger partial charge in [-0.2, -0.15) is 4.89 Å². The van der Waals surface area contributed by atoms with Gasteiger partial charge in [0.05, 0.1) is 19.9 Å². The number of aromatic nitrogens is 2. The van der Waals surface area contributed by atoms with E-state index in [1.54, 1.807) is 0 Å². The SMILES string of the molecule is COOc1cn([C@@H]2O[C@H](CO)[C@@H](O)[C@H]2O)c(=O)[nH]c1=O. The molecule has 2 heterocycles. The quantitative estimate of drug-likeness (QED) is 0.341. The molecule has 0 amide bonds. The van der Waals surface area contributed by atoms with Gasteiger partial charge < -0.3 is 24.9 Å². The summed E-state index contributed by atoms with van der Waals surface area (Å²) in [5.74, 6) is -0.329. The number of H-pyrrole nitrogens is 1. The minimum absolute atomic E-state index is 0.329. The zero-order valence-electron chi connectivity index (χ0n) is 10.4. The maximum Gasteiger partial charge on any atom is 0.330 e. The molecule has 1 aliphatic rings. The number of rotatable bonds is 4. The maximum atomic E-state index is 11.7. The molecule has 0 saturated carbocycles. The molecule has 20 heavy (non-hydrogen) atoms. The fourth-order valence-corrected chi connectivity index (χ4v) is 1.91. The zero-order chi connectivity index (χ0) is 14.9. The number of nitrogens with one attached hydrogen (secondary N) is 1. The van der Waals surface area contributed by atoms with Crippen molar-refractivity contribution in [3.8, 4) is 5.75 Å². The van der Waals surface area contributed by atoms with Crippen molar-refractivity contribution in [2.45, 2.75) is 24.5 Å². The molecule has 1 saturated heterocycles. The van der Waals surface area contributed by atoms with Crippen LogP contribution in [0.25, 0.3) is 0 Å². The number of aliphatic hydroxyl groups is 3. The van der Waals surface area contributed by atoms with Gasteiger partial charge in [-0.05, 0) is 0 Å². The highest BCUT2D eigenvalue weighted by atomic mass is 17.2. The van der Waals surface area contributed by atoms with Crippen LogP contribution in [0.4, 0.5) is 0 Å². The Hall–Kier alpha value is -1.72. The summed E-state index contributed by atoms with van der Waals surface area (Å²) in [6.07, 6.45) is -4.15. The van der Waals surface area contributed by atoms with Crippen molar-refractivity contribution >= 4 is 0 Å². The van der Waals surface area contributed by atoms with Crippen LogP contribution >= 0.6 is 0 Å². The molecule has 4 atom stereocenters. The Bertz CT molecular complexity index is 581. The van der Waals surface area contributed by atoms with E-state index >= 15 is 0 Å². The summed E-state index contributed by atoms with van der Waals surface area (Å²) in [6.45, 7) is -0.533. The summed E-state index contributed by atoms with van der Waals surface area (Å²) < 4.78 is 6.00. The summed E-state index contributed by atoms with van der Waals surface area (Å²) in [5, 5.41) is 28.4. The van der Waals surface area contributed by atoms with Crippen LogP contribution in [-0.2, 0) is 9.62 Å². The standard InChI is InChI=1S/C10H14N2O8/c1-18-20-4-2-12(10(17)11-8(4)16)9-7(15)6(14)5(3-13)19-9/h2,5-7,9,13-15H,3H2,1H3,(H,11,16,17)/t5-,6-,7-,9-/m1/s1. The predicted octanol–water partition coefficient (Wildman–Crippen LogP) is -2.91. The number of ether oxygens (including phenoxy) is 1. The molecule has 10 heteroatoms. The highest BCUT2D eigenvalue weighted by Crippen LogP contribution is 2.28. The summed E-state index contributed by atoms with van der Waals surface area (Å²) in [7, 11) is 1.17. The number of nitrogens with zero attached hydrogens (tertiary/aromatic N) is 1. The van der Waals surface area contributed by atoms with Gasteiger partial charge in [0.15, 0.2) is 6.23 Å². The summed E-state index contributed by atoms with van der Waals surface area (Å²) >= 11 is 0. The molecule has 0 aliphatic carbocycles. The van der Waals surface area contributed by atoms with Gasteiger partial charge in [-0.3, -0.25) is 14.3 Å². The molecular formula is C10H14N2O8. The monoisotopic (exact) mass is 290 g/mol. The third kappa shape index (κ3) is 2.46. The van der Waals surface area contributed by atoms with Crippen molar-refractivity contribution in [1.82, 2.24) is 9.55 Å². The van der Waals surface area contributed by atoms with Gasteiger partial charge in [0, 0.05) is 0 Å². The Morgan fingerprint density at radius 1 is 1.40 bits per heavy atom. The van der Waals surface area contributed by atoms with Gasteiger partial charge in [0.2, 0.25) is 5.75 Å². The first-order valence-electron chi connectivity index (χ1n) is 5.68. The second-order valence-corrected chi connectivity index (χ2v) is 4.14. The van der Waals surface area contributed by atoms with E-state index < -0.39 is 42.4 Å². The number of aliphatic hydroxyl groups excluding tert-OH is 3. The van der Waals surface area contributed by atoms with Crippen molar-refractivity contribution < 1.29 is 29.8 Å². The first-order valence-corrected chi connectivity index (χ1v) is 5.68. The average Bonchev–Trinajstić information content (AvgIpc) is 2.70. The van der Waals surface area contributed by atoms with Gasteiger partial charge in [-0.25, -0.2) is 4.79 Å². The Morgan fingerprint density at radius 3 is 2.65 bits per heavy atom. The fraction of sp³-hybridized carbons (Fsp3) is 0.600. The molecule has 1 aliphatic heterocycles. The van der Waals surface area contributed by atoms with Gasteiger partial charge in [-0.15, -0.1) is 0 Å². The van der Waals surface area contributed by atoms with Crippen molar-refractivity contribution in [3.05, 3.63) is 27.0 Å². The highest BCUT2D eigenvalue weighted by Gasteiger charge is 2.43. The lowest BCUT2D eigenvalue weighted by Crippen LogP contribution is -2.38. The van der Waals surface area contributed by atoms with E-state index in [2.05, 4.69) is 9.78 Å². The average molecular weight is 290 g/mol. The largest absolute Gasteiger partial charge is 0.394 e. The molecule has 0 radical (unpaired) electrons. The minimum atomic E-state index is -1.45. The van der Waals surface area contributed by atoms with E-state index in [0.717, 1.165) is 10.8 Å². The van der Waals surface area contributed by atoms with Crippen LogP contribution in [0.5, 0.6) is 5.75 Å². The number of aromatic amines is 1. The van der Waals surface area contributed by atoms with Crippen LogP contribution in [0.2, 0.25) is 0 Å². The Labute approximate surface area is 111 Å². The first kappa shape index (κ1) is 14.7. The van der Waals surface area contributed by atoms with Gasteiger partial charge in [-0.1, -0.05) is 0 Å². The fourth-order valence-electron chi connectivity index (χ4n) is 1.91. The van der Waals surface area contributed by atoms with E-state index in [0.29, 0.717) is 0 Å². The zero-order valence-corrected chi connectivity index (χ0v) is 10.4. The molecule has 1 aromatic rings. The maximum absolute atomic E-state index is 11.7. The van der Waals surface area contributed by atoms with Crippen LogP contribution in [-0.4, -0.2) is 56.9 Å². The molecule has 4 N–H and O–H groups in total. The predicted molar refractivity (Wildman–Crippen MR) is 62.0 cm³/mol. The lowest BCUT2D eigenvalue weighted by molar-refractivity contribution is -0.180. The summed E-state index contributed by atoms with van der Waals surface area (Å²) in [5.41, 5.74) is -1.69. The van der Waals surface area contributed by atoms with Crippen molar-refractivity contribution in [2.24, 2.45) is 0 Å². The van der Waals surface area contributed by atoms with E-state index in [4.69, 9.17) is 9.84 Å². The molecule has 1 fully saturated rings. The Kier molecular flexibility index (Phi) is 4.20. The Balaban J connectivity index is 2.40. The third-order valence-corrected chi connectivity index (χ3v) is 2.90. The van der Waals surface area contributed by atoms with Crippen molar-refractivity contribution in [2.75, 3.05) is 13.7 Å². The van der Waals surface area contributed by atoms with Crippen molar-refractivity contribution in [1.29, 1.82) is 0 Å². The first-order chi connectivity index (χ1) is 9.49. The molecule has 0 spiro atoms. The molecule has 10 nitrogen and oxygen atoms in total. The van der Waals surface area contributed by atoms with Crippen LogP contribution in [0.3, 0.4) is 0 Å². The van der Waals surface area contributed by atoms with Crippen LogP contribution < -0.4 is 16.1 Å². The minimum Gasteiger partial charge on any atom is -0.394 e. The topological polar surface area (TPSA) is 143 Å². The lowest BCUT2D eigenvalue weighted by atomic mass is 10.1. The van der Waals surface area contributed by atoms with E-state index in [-0.39, 0.29) is 5.75 Å². The number of hydrogen-bond acceptors (Lipinski definition) is 8. The van der Waals surface area contributed by atoms with Crippen molar-refractivity contribution in [3.63, 3.8) is 0 Å². The number of hydrogen-bond donors (Lipinski definition) is 4. The second-order valence-electron chi connectivity index (χ2n) is 4.14. The second kappa shape index (κ2) is 5.73. The van der Waals surface area contributed by atoms with E-state index in [1.807, 2.05) is 4.98 Å². The van der Waals surface area contributed by atoms with Gasteiger partial charge in [0.25, 0.3) is 5.56 Å². The molecule has 1 aromatic heterocycles. The molecule has 2 rings (SSSR count). The molecule has 112 valence electrons. The summed E-state index contributed by atoms with van der Waals surface area (Å²) in [6, 6.07) is 0. The van der Waals surface area contributed by atoms with Crippen LogP contribution in [0.1, 0.15) is 6.23 Å². The molecule has 0 aromatic carbocycles. The van der Waals surface area contributed by atoms with E-state index in [9.17, 15) is 19.8 Å². The molecule has 0 bridgehead atoms.